The van der Waals surface area contributed by atoms with Crippen LogP contribution in [0.15, 0.2) is 79.1 Å². The zero-order chi connectivity index (χ0) is 20.2. The summed E-state index contributed by atoms with van der Waals surface area (Å²) in [6.45, 7) is 2.34. The number of nitrogens with zero attached hydrogens (tertiary/aromatic N) is 3. The zero-order valence-corrected chi connectivity index (χ0v) is 15.8. The number of hydrogen-bond donors (Lipinski definition) is 1. The summed E-state index contributed by atoms with van der Waals surface area (Å²) in [6.07, 6.45) is 3.40. The monoisotopic (exact) mass is 386 g/mol. The molecule has 29 heavy (non-hydrogen) atoms. The van der Waals surface area contributed by atoms with Gasteiger partial charge in [0.05, 0.1) is 11.4 Å². The van der Waals surface area contributed by atoms with Crippen molar-refractivity contribution in [2.24, 2.45) is 0 Å². The summed E-state index contributed by atoms with van der Waals surface area (Å²) < 4.78 is 14.9. The van der Waals surface area contributed by atoms with Gasteiger partial charge in [-0.15, -0.1) is 0 Å². The van der Waals surface area contributed by atoms with Crippen molar-refractivity contribution in [3.8, 4) is 16.9 Å². The minimum absolute atomic E-state index is 0.253. The third-order valence-electron chi connectivity index (χ3n) is 4.50. The number of carbonyl (C=O) groups is 1. The summed E-state index contributed by atoms with van der Waals surface area (Å²) in [5, 5.41) is 7.53. The molecule has 0 aliphatic rings. The van der Waals surface area contributed by atoms with Crippen molar-refractivity contribution >= 4 is 5.91 Å². The van der Waals surface area contributed by atoms with Crippen molar-refractivity contribution in [1.29, 1.82) is 0 Å². The molecule has 6 heteroatoms. The predicted octanol–water partition coefficient (Wildman–Crippen LogP) is 4.31. The molecule has 0 aliphatic heterocycles. The van der Waals surface area contributed by atoms with E-state index in [1.165, 1.54) is 12.1 Å². The Morgan fingerprint density at radius 2 is 1.90 bits per heavy atom. The number of pyridine rings is 1. The highest BCUT2D eigenvalue weighted by molar-refractivity contribution is 5.94. The largest absolute Gasteiger partial charge is 0.347 e. The van der Waals surface area contributed by atoms with Crippen molar-refractivity contribution in [2.45, 2.75) is 13.5 Å². The average molecular weight is 386 g/mol. The average Bonchev–Trinajstić information content (AvgIpc) is 3.19. The number of nitrogens with one attached hydrogen (secondary N) is 1. The van der Waals surface area contributed by atoms with Gasteiger partial charge in [-0.3, -0.25) is 9.78 Å². The topological polar surface area (TPSA) is 59.8 Å². The van der Waals surface area contributed by atoms with Gasteiger partial charge in [0.25, 0.3) is 5.91 Å². The van der Waals surface area contributed by atoms with E-state index in [1.807, 2.05) is 43.3 Å². The van der Waals surface area contributed by atoms with Crippen LogP contribution in [0.5, 0.6) is 0 Å². The Morgan fingerprint density at radius 3 is 2.62 bits per heavy atom. The van der Waals surface area contributed by atoms with E-state index in [2.05, 4.69) is 15.4 Å². The van der Waals surface area contributed by atoms with Crippen molar-refractivity contribution in [2.75, 3.05) is 0 Å². The molecule has 0 aliphatic carbocycles. The minimum atomic E-state index is -0.318. The molecular formula is C23H19FN4O. The van der Waals surface area contributed by atoms with Crippen LogP contribution in [-0.2, 0) is 6.54 Å². The first-order valence-electron chi connectivity index (χ1n) is 9.20. The van der Waals surface area contributed by atoms with E-state index in [4.69, 9.17) is 0 Å². The Kier molecular flexibility index (Phi) is 5.16. The van der Waals surface area contributed by atoms with E-state index in [0.717, 1.165) is 22.4 Å². The highest BCUT2D eigenvalue weighted by Gasteiger charge is 2.18. The summed E-state index contributed by atoms with van der Waals surface area (Å²) in [6, 6.07) is 19.2. The van der Waals surface area contributed by atoms with Gasteiger partial charge in [-0.2, -0.15) is 5.10 Å². The van der Waals surface area contributed by atoms with Gasteiger partial charge in [0.1, 0.15) is 11.5 Å². The summed E-state index contributed by atoms with van der Waals surface area (Å²) >= 11 is 0. The van der Waals surface area contributed by atoms with Crippen LogP contribution in [0.2, 0.25) is 0 Å². The first-order chi connectivity index (χ1) is 14.1. The van der Waals surface area contributed by atoms with E-state index in [-0.39, 0.29) is 11.7 Å². The van der Waals surface area contributed by atoms with Crippen LogP contribution in [-0.4, -0.2) is 20.7 Å². The fourth-order valence-electron chi connectivity index (χ4n) is 3.04. The highest BCUT2D eigenvalue weighted by Crippen LogP contribution is 2.22. The van der Waals surface area contributed by atoms with Gasteiger partial charge in [-0.05, 0) is 66.6 Å². The van der Waals surface area contributed by atoms with Gasteiger partial charge in [-0.1, -0.05) is 18.2 Å². The summed E-state index contributed by atoms with van der Waals surface area (Å²) in [5.74, 6) is -0.572. The first-order valence-corrected chi connectivity index (χ1v) is 9.20. The third-order valence-corrected chi connectivity index (χ3v) is 4.50. The fraction of sp³-hybridized carbons (Fsp3) is 0.0870. The van der Waals surface area contributed by atoms with Gasteiger partial charge in [0.15, 0.2) is 0 Å². The number of hydrogen-bond acceptors (Lipinski definition) is 3. The standard InChI is InChI=1S/C23H19FN4O/c1-16-4-2-6-20(12-16)28-22(23(29)26-15-17-5-3-11-25-14-17)13-21(27-28)18-7-9-19(24)10-8-18/h2-14H,15H2,1H3,(H,26,29). The number of rotatable bonds is 5. The Balaban J connectivity index is 1.70. The van der Waals surface area contributed by atoms with Crippen LogP contribution in [0.1, 0.15) is 21.6 Å². The second-order valence-corrected chi connectivity index (χ2v) is 6.72. The summed E-state index contributed by atoms with van der Waals surface area (Å²) in [7, 11) is 0. The van der Waals surface area contributed by atoms with Crippen LogP contribution in [0.25, 0.3) is 16.9 Å². The molecule has 0 spiro atoms. The molecule has 0 saturated heterocycles. The van der Waals surface area contributed by atoms with Gasteiger partial charge < -0.3 is 5.32 Å². The molecule has 0 saturated carbocycles. The van der Waals surface area contributed by atoms with Crippen molar-refractivity contribution in [1.82, 2.24) is 20.1 Å². The molecular weight excluding hydrogens is 367 g/mol. The first kappa shape index (κ1) is 18.6. The molecule has 144 valence electrons. The smallest absolute Gasteiger partial charge is 0.270 e. The molecule has 2 aromatic heterocycles. The Bertz CT molecular complexity index is 1140. The number of amides is 1. The van der Waals surface area contributed by atoms with Gasteiger partial charge in [-0.25, -0.2) is 9.07 Å². The Labute approximate surface area is 167 Å². The van der Waals surface area contributed by atoms with E-state index in [1.54, 1.807) is 35.3 Å². The highest BCUT2D eigenvalue weighted by atomic mass is 19.1. The number of halogens is 1. The number of carbonyl (C=O) groups excluding carboxylic acids is 1. The molecule has 0 atom stereocenters. The maximum Gasteiger partial charge on any atom is 0.270 e. The van der Waals surface area contributed by atoms with E-state index in [0.29, 0.717) is 17.9 Å². The molecule has 1 amide bonds. The van der Waals surface area contributed by atoms with Crippen LogP contribution < -0.4 is 5.32 Å². The zero-order valence-electron chi connectivity index (χ0n) is 15.8. The summed E-state index contributed by atoms with van der Waals surface area (Å²) in [4.78, 5) is 17.0. The molecule has 0 radical (unpaired) electrons. The maximum absolute atomic E-state index is 13.3. The van der Waals surface area contributed by atoms with E-state index in [9.17, 15) is 9.18 Å². The second kappa shape index (κ2) is 8.06. The van der Waals surface area contributed by atoms with Crippen LogP contribution in [0, 0.1) is 12.7 Å². The number of aromatic nitrogens is 3. The molecule has 4 aromatic rings. The molecule has 0 unspecified atom stereocenters. The lowest BCUT2D eigenvalue weighted by Crippen LogP contribution is -2.25. The molecule has 0 fully saturated rings. The van der Waals surface area contributed by atoms with E-state index < -0.39 is 0 Å². The Morgan fingerprint density at radius 1 is 1.07 bits per heavy atom. The van der Waals surface area contributed by atoms with Crippen molar-refractivity contribution < 1.29 is 9.18 Å². The van der Waals surface area contributed by atoms with E-state index >= 15 is 0 Å². The number of aryl methyl sites for hydroxylation is 1. The van der Waals surface area contributed by atoms with Gasteiger partial charge in [0.2, 0.25) is 0 Å². The van der Waals surface area contributed by atoms with Crippen LogP contribution in [0.3, 0.4) is 0 Å². The van der Waals surface area contributed by atoms with Gasteiger partial charge >= 0.3 is 0 Å². The molecule has 5 nitrogen and oxygen atoms in total. The van der Waals surface area contributed by atoms with Crippen LogP contribution in [0.4, 0.5) is 4.39 Å². The van der Waals surface area contributed by atoms with Gasteiger partial charge in [0, 0.05) is 24.5 Å². The predicted molar refractivity (Wildman–Crippen MR) is 109 cm³/mol. The second-order valence-electron chi connectivity index (χ2n) is 6.72. The molecule has 4 rings (SSSR count). The third kappa shape index (κ3) is 4.21. The molecule has 2 heterocycles. The molecule has 2 aromatic carbocycles. The maximum atomic E-state index is 13.3. The number of benzene rings is 2. The fourth-order valence-corrected chi connectivity index (χ4v) is 3.04. The molecule has 0 bridgehead atoms. The Hall–Kier alpha value is -3.80. The summed E-state index contributed by atoms with van der Waals surface area (Å²) in [5.41, 5.74) is 4.48. The lowest BCUT2D eigenvalue weighted by Gasteiger charge is -2.09. The lowest BCUT2D eigenvalue weighted by atomic mass is 10.1. The normalized spacial score (nSPS) is 10.7. The van der Waals surface area contributed by atoms with Crippen LogP contribution >= 0.6 is 0 Å². The lowest BCUT2D eigenvalue weighted by molar-refractivity contribution is 0.0943. The van der Waals surface area contributed by atoms with Crippen molar-refractivity contribution in [3.63, 3.8) is 0 Å². The minimum Gasteiger partial charge on any atom is -0.347 e. The molecule has 1 N–H and O–H groups in total. The quantitative estimate of drug-likeness (QED) is 0.556. The van der Waals surface area contributed by atoms with Crippen molar-refractivity contribution in [3.05, 3.63) is 102 Å². The SMILES string of the molecule is Cc1cccc(-n2nc(-c3ccc(F)cc3)cc2C(=O)NCc2cccnc2)c1.